The Bertz CT molecular complexity index is 489. The predicted octanol–water partition coefficient (Wildman–Crippen LogP) is -0.794. The van der Waals surface area contributed by atoms with Crippen molar-refractivity contribution in [3.8, 4) is 0 Å². The van der Waals surface area contributed by atoms with E-state index in [4.69, 9.17) is 5.11 Å². The molecule has 0 amide bonds. The molecule has 2 rings (SSSR count). The fraction of sp³-hybridized carbons (Fsp3) is 0.333. The number of carboxylic acid groups (broad SMARTS) is 1. The van der Waals surface area contributed by atoms with Crippen LogP contribution < -0.4 is 5.32 Å². The fourth-order valence-corrected chi connectivity index (χ4v) is 2.22. The van der Waals surface area contributed by atoms with E-state index in [1.54, 1.807) is 24.3 Å². The van der Waals surface area contributed by atoms with Crippen molar-refractivity contribution in [2.24, 2.45) is 0 Å². The Morgan fingerprint density at radius 3 is 2.78 bits per heavy atom. The number of rotatable bonds is 4. The standard InChI is InChI=1S/C12H13NO5/c14-6-9(15)12(18,11(16)17)10-8-4-2-1-3-7(8)5-13-10/h1-4,6,9-10,13,15,18H,5H2,(H,16,17). The summed E-state index contributed by atoms with van der Waals surface area (Å²) >= 11 is 0. The fourth-order valence-electron chi connectivity index (χ4n) is 2.22. The lowest BCUT2D eigenvalue weighted by Crippen LogP contribution is -2.57. The molecule has 0 saturated carbocycles. The van der Waals surface area contributed by atoms with Gasteiger partial charge in [0.25, 0.3) is 0 Å². The lowest BCUT2D eigenvalue weighted by Gasteiger charge is -2.32. The molecule has 1 aromatic carbocycles. The summed E-state index contributed by atoms with van der Waals surface area (Å²) < 4.78 is 0. The van der Waals surface area contributed by atoms with Gasteiger partial charge in [0.05, 0.1) is 6.04 Å². The highest BCUT2D eigenvalue weighted by Crippen LogP contribution is 2.35. The van der Waals surface area contributed by atoms with E-state index in [-0.39, 0.29) is 6.29 Å². The van der Waals surface area contributed by atoms with Crippen molar-refractivity contribution in [2.75, 3.05) is 0 Å². The molecule has 1 aromatic rings. The SMILES string of the molecule is O=CC(O)C(O)(C(=O)O)C1NCc2ccccc21. The topological polar surface area (TPSA) is 107 Å². The molecule has 4 N–H and O–H groups in total. The maximum Gasteiger partial charge on any atom is 0.340 e. The third kappa shape index (κ3) is 1.71. The number of carbonyl (C=O) groups is 2. The second kappa shape index (κ2) is 4.49. The molecule has 6 nitrogen and oxygen atoms in total. The molecular weight excluding hydrogens is 238 g/mol. The Morgan fingerprint density at radius 1 is 1.50 bits per heavy atom. The van der Waals surface area contributed by atoms with E-state index in [9.17, 15) is 19.8 Å². The molecule has 18 heavy (non-hydrogen) atoms. The van der Waals surface area contributed by atoms with Crippen molar-refractivity contribution < 1.29 is 24.9 Å². The summed E-state index contributed by atoms with van der Waals surface area (Å²) in [5.74, 6) is -1.64. The summed E-state index contributed by atoms with van der Waals surface area (Å²) in [6.45, 7) is 0.377. The van der Waals surface area contributed by atoms with E-state index >= 15 is 0 Å². The normalized spacial score (nSPS) is 22.9. The van der Waals surface area contributed by atoms with Gasteiger partial charge in [0.1, 0.15) is 0 Å². The molecular formula is C12H13NO5. The summed E-state index contributed by atoms with van der Waals surface area (Å²) in [7, 11) is 0. The minimum atomic E-state index is -2.58. The van der Waals surface area contributed by atoms with Crippen LogP contribution in [0.25, 0.3) is 0 Å². The molecule has 0 radical (unpaired) electrons. The molecule has 6 heteroatoms. The zero-order valence-corrected chi connectivity index (χ0v) is 9.41. The molecule has 1 aliphatic heterocycles. The van der Waals surface area contributed by atoms with Gasteiger partial charge in [-0.2, -0.15) is 0 Å². The van der Waals surface area contributed by atoms with Gasteiger partial charge in [-0.1, -0.05) is 24.3 Å². The van der Waals surface area contributed by atoms with Crippen LogP contribution in [0.1, 0.15) is 17.2 Å². The van der Waals surface area contributed by atoms with Gasteiger partial charge in [-0.3, -0.25) is 0 Å². The number of aliphatic hydroxyl groups excluding tert-OH is 1. The zero-order chi connectivity index (χ0) is 13.3. The van der Waals surface area contributed by atoms with Crippen LogP contribution in [0.3, 0.4) is 0 Å². The number of carboxylic acids is 1. The molecule has 0 spiro atoms. The highest BCUT2D eigenvalue weighted by Gasteiger charge is 2.53. The second-order valence-corrected chi connectivity index (χ2v) is 4.22. The Balaban J connectivity index is 2.47. The third-order valence-corrected chi connectivity index (χ3v) is 3.23. The first-order chi connectivity index (χ1) is 8.51. The summed E-state index contributed by atoms with van der Waals surface area (Å²) in [6.07, 6.45) is -1.98. The highest BCUT2D eigenvalue weighted by atomic mass is 16.4. The van der Waals surface area contributed by atoms with Crippen LogP contribution >= 0.6 is 0 Å². The van der Waals surface area contributed by atoms with E-state index in [1.807, 2.05) is 0 Å². The Labute approximate surface area is 103 Å². The first kappa shape index (κ1) is 12.7. The van der Waals surface area contributed by atoms with Crippen LogP contribution in [0.4, 0.5) is 0 Å². The average Bonchev–Trinajstić information content (AvgIpc) is 2.80. The molecule has 1 heterocycles. The minimum absolute atomic E-state index is 0.0245. The lowest BCUT2D eigenvalue weighted by molar-refractivity contribution is -0.177. The van der Waals surface area contributed by atoms with Gasteiger partial charge >= 0.3 is 5.97 Å². The summed E-state index contributed by atoms with van der Waals surface area (Å²) in [6, 6.07) is 5.92. The Hall–Kier alpha value is -1.76. The van der Waals surface area contributed by atoms with Crippen LogP contribution in [0.2, 0.25) is 0 Å². The van der Waals surface area contributed by atoms with Crippen molar-refractivity contribution in [2.45, 2.75) is 24.3 Å². The number of aliphatic carboxylic acids is 1. The van der Waals surface area contributed by atoms with Gasteiger partial charge < -0.3 is 25.4 Å². The van der Waals surface area contributed by atoms with Gasteiger partial charge in [0.15, 0.2) is 12.4 Å². The van der Waals surface area contributed by atoms with E-state index < -0.39 is 23.7 Å². The van der Waals surface area contributed by atoms with Crippen molar-refractivity contribution in [1.82, 2.24) is 5.32 Å². The predicted molar refractivity (Wildman–Crippen MR) is 60.7 cm³/mol. The van der Waals surface area contributed by atoms with Crippen molar-refractivity contribution in [3.63, 3.8) is 0 Å². The number of nitrogens with one attached hydrogen (secondary N) is 1. The van der Waals surface area contributed by atoms with E-state index in [1.165, 1.54) is 0 Å². The lowest BCUT2D eigenvalue weighted by atomic mass is 9.84. The molecule has 3 unspecified atom stereocenters. The van der Waals surface area contributed by atoms with E-state index in [0.29, 0.717) is 12.1 Å². The largest absolute Gasteiger partial charge is 0.479 e. The van der Waals surface area contributed by atoms with Gasteiger partial charge in [-0.25, -0.2) is 4.79 Å². The second-order valence-electron chi connectivity index (χ2n) is 4.22. The highest BCUT2D eigenvalue weighted by molar-refractivity contribution is 5.84. The number of benzene rings is 1. The maximum atomic E-state index is 11.2. The molecule has 96 valence electrons. The summed E-state index contributed by atoms with van der Waals surface area (Å²) in [4.78, 5) is 21.8. The molecule has 0 aromatic heterocycles. The average molecular weight is 251 g/mol. The Kier molecular flexibility index (Phi) is 3.16. The van der Waals surface area contributed by atoms with Crippen molar-refractivity contribution in [1.29, 1.82) is 0 Å². The third-order valence-electron chi connectivity index (χ3n) is 3.23. The molecule has 0 aliphatic carbocycles. The van der Waals surface area contributed by atoms with Crippen molar-refractivity contribution >= 4 is 12.3 Å². The van der Waals surface area contributed by atoms with Gasteiger partial charge in [0.2, 0.25) is 5.60 Å². The van der Waals surface area contributed by atoms with Crippen LogP contribution in [0.5, 0.6) is 0 Å². The first-order valence-corrected chi connectivity index (χ1v) is 5.42. The molecule has 0 bridgehead atoms. The van der Waals surface area contributed by atoms with Gasteiger partial charge in [-0.05, 0) is 11.1 Å². The van der Waals surface area contributed by atoms with E-state index in [2.05, 4.69) is 5.32 Å². The molecule has 0 saturated heterocycles. The van der Waals surface area contributed by atoms with Crippen LogP contribution in [-0.4, -0.2) is 39.3 Å². The van der Waals surface area contributed by atoms with Gasteiger partial charge in [0, 0.05) is 6.54 Å². The van der Waals surface area contributed by atoms with Crippen molar-refractivity contribution in [3.05, 3.63) is 35.4 Å². The maximum absolute atomic E-state index is 11.2. The number of hydrogen-bond donors (Lipinski definition) is 4. The van der Waals surface area contributed by atoms with Crippen LogP contribution in [-0.2, 0) is 16.1 Å². The quantitative estimate of drug-likeness (QED) is 0.522. The minimum Gasteiger partial charge on any atom is -0.479 e. The number of hydrogen-bond acceptors (Lipinski definition) is 5. The monoisotopic (exact) mass is 251 g/mol. The van der Waals surface area contributed by atoms with Crippen LogP contribution in [0.15, 0.2) is 24.3 Å². The number of fused-ring (bicyclic) bond motifs is 1. The molecule has 1 aliphatic rings. The molecule has 0 fully saturated rings. The number of aldehydes is 1. The van der Waals surface area contributed by atoms with Gasteiger partial charge in [-0.15, -0.1) is 0 Å². The smallest absolute Gasteiger partial charge is 0.340 e. The Morgan fingerprint density at radius 2 is 2.17 bits per heavy atom. The summed E-state index contributed by atoms with van der Waals surface area (Å²) in [5, 5.41) is 31.6. The summed E-state index contributed by atoms with van der Waals surface area (Å²) in [5.41, 5.74) is -1.17. The number of aliphatic hydroxyl groups is 2. The first-order valence-electron chi connectivity index (χ1n) is 5.42. The van der Waals surface area contributed by atoms with Crippen LogP contribution in [0, 0.1) is 0 Å². The zero-order valence-electron chi connectivity index (χ0n) is 9.41. The number of carbonyl (C=O) groups excluding carboxylic acids is 1. The van der Waals surface area contributed by atoms with E-state index in [0.717, 1.165) is 5.56 Å². The molecule has 3 atom stereocenters.